The fourth-order valence-electron chi connectivity index (χ4n) is 1.47. The molecule has 0 unspecified atom stereocenters. The number of halogens is 1. The van der Waals surface area contributed by atoms with Crippen LogP contribution in [0.25, 0.3) is 0 Å². The second-order valence-corrected chi connectivity index (χ2v) is 5.07. The number of aromatic nitrogens is 1. The van der Waals surface area contributed by atoms with Gasteiger partial charge in [-0.25, -0.2) is 9.98 Å². The van der Waals surface area contributed by atoms with E-state index in [1.165, 1.54) is 0 Å². The molecule has 0 fully saturated rings. The standard InChI is InChI=1S/C12H22N4S.HI/c1-5-16(6-2)12(13)14-7-10-8-17-11(15-10)9(3)4;/h8-9H,5-7H2,1-4H3,(H2,13,14);1H. The van der Waals surface area contributed by atoms with E-state index in [0.717, 1.165) is 23.8 Å². The topological polar surface area (TPSA) is 54.5 Å². The number of nitrogens with two attached hydrogens (primary N) is 1. The third-order valence-corrected chi connectivity index (χ3v) is 3.75. The van der Waals surface area contributed by atoms with Gasteiger partial charge >= 0.3 is 0 Å². The van der Waals surface area contributed by atoms with E-state index < -0.39 is 0 Å². The van der Waals surface area contributed by atoms with Crippen LogP contribution in [0.15, 0.2) is 10.4 Å². The Hall–Kier alpha value is -0.370. The minimum absolute atomic E-state index is 0. The van der Waals surface area contributed by atoms with Crippen molar-refractivity contribution < 1.29 is 0 Å². The first-order valence-electron chi connectivity index (χ1n) is 6.07. The van der Waals surface area contributed by atoms with Gasteiger partial charge in [0, 0.05) is 24.4 Å². The summed E-state index contributed by atoms with van der Waals surface area (Å²) in [6.07, 6.45) is 0. The van der Waals surface area contributed by atoms with E-state index in [-0.39, 0.29) is 24.0 Å². The monoisotopic (exact) mass is 382 g/mol. The summed E-state index contributed by atoms with van der Waals surface area (Å²) in [5, 5.41) is 3.23. The number of hydrogen-bond donors (Lipinski definition) is 1. The smallest absolute Gasteiger partial charge is 0.191 e. The van der Waals surface area contributed by atoms with Crippen molar-refractivity contribution in [3.8, 4) is 0 Å². The lowest BCUT2D eigenvalue weighted by Gasteiger charge is -2.19. The molecule has 0 saturated heterocycles. The molecule has 4 nitrogen and oxygen atoms in total. The van der Waals surface area contributed by atoms with E-state index in [1.54, 1.807) is 11.3 Å². The van der Waals surface area contributed by atoms with Gasteiger partial charge in [0.1, 0.15) is 0 Å². The zero-order chi connectivity index (χ0) is 12.8. The van der Waals surface area contributed by atoms with Crippen LogP contribution in [0.4, 0.5) is 0 Å². The molecule has 2 N–H and O–H groups in total. The SMILES string of the molecule is CCN(CC)C(N)=NCc1csc(C(C)C)n1.I. The van der Waals surface area contributed by atoms with Gasteiger partial charge in [0.25, 0.3) is 0 Å². The van der Waals surface area contributed by atoms with Crippen LogP contribution >= 0.6 is 35.3 Å². The molecule has 1 rings (SSSR count). The van der Waals surface area contributed by atoms with Gasteiger partial charge in [0.05, 0.1) is 17.2 Å². The molecule has 0 aliphatic heterocycles. The minimum Gasteiger partial charge on any atom is -0.370 e. The zero-order valence-corrected chi connectivity index (χ0v) is 14.7. The van der Waals surface area contributed by atoms with Gasteiger partial charge in [-0.2, -0.15) is 0 Å². The first-order valence-corrected chi connectivity index (χ1v) is 6.95. The van der Waals surface area contributed by atoms with Crippen molar-refractivity contribution in [2.45, 2.75) is 40.2 Å². The highest BCUT2D eigenvalue weighted by Gasteiger charge is 2.06. The Bertz CT molecular complexity index is 372. The van der Waals surface area contributed by atoms with Crippen LogP contribution in [-0.2, 0) is 6.54 Å². The summed E-state index contributed by atoms with van der Waals surface area (Å²) in [6.45, 7) is 10.8. The van der Waals surface area contributed by atoms with Gasteiger partial charge < -0.3 is 10.6 Å². The van der Waals surface area contributed by atoms with Crippen molar-refractivity contribution in [1.82, 2.24) is 9.88 Å². The molecule has 0 amide bonds. The van der Waals surface area contributed by atoms with Gasteiger partial charge in [0.15, 0.2) is 5.96 Å². The molecule has 1 aromatic heterocycles. The highest BCUT2D eigenvalue weighted by atomic mass is 127. The molecule has 0 bridgehead atoms. The van der Waals surface area contributed by atoms with Crippen molar-refractivity contribution >= 4 is 41.3 Å². The van der Waals surface area contributed by atoms with Crippen LogP contribution < -0.4 is 5.73 Å². The summed E-state index contributed by atoms with van der Waals surface area (Å²) in [5.41, 5.74) is 6.91. The zero-order valence-electron chi connectivity index (χ0n) is 11.5. The summed E-state index contributed by atoms with van der Waals surface area (Å²) in [6, 6.07) is 0. The molecular weight excluding hydrogens is 359 g/mol. The molecule has 0 aromatic carbocycles. The van der Waals surface area contributed by atoms with Gasteiger partial charge in [-0.1, -0.05) is 13.8 Å². The third-order valence-electron chi connectivity index (χ3n) is 2.55. The predicted molar refractivity (Wildman–Crippen MR) is 89.9 cm³/mol. The molecule has 1 aromatic rings. The Morgan fingerprint density at radius 2 is 2.06 bits per heavy atom. The fourth-order valence-corrected chi connectivity index (χ4v) is 2.30. The van der Waals surface area contributed by atoms with E-state index in [9.17, 15) is 0 Å². The molecular formula is C12H23IN4S. The highest BCUT2D eigenvalue weighted by molar-refractivity contribution is 14.0. The van der Waals surface area contributed by atoms with Crippen molar-refractivity contribution in [1.29, 1.82) is 0 Å². The normalized spacial score (nSPS) is 11.5. The quantitative estimate of drug-likeness (QED) is 0.484. The average molecular weight is 382 g/mol. The summed E-state index contributed by atoms with van der Waals surface area (Å²) in [7, 11) is 0. The first kappa shape index (κ1) is 17.6. The van der Waals surface area contributed by atoms with E-state index in [1.807, 2.05) is 4.90 Å². The van der Waals surface area contributed by atoms with Crippen molar-refractivity contribution in [3.63, 3.8) is 0 Å². The minimum atomic E-state index is 0. The van der Waals surface area contributed by atoms with Crippen LogP contribution in [0.1, 0.15) is 44.3 Å². The average Bonchev–Trinajstić information content (AvgIpc) is 2.76. The molecule has 0 spiro atoms. The van der Waals surface area contributed by atoms with Crippen molar-refractivity contribution in [3.05, 3.63) is 16.1 Å². The Morgan fingerprint density at radius 1 is 1.44 bits per heavy atom. The number of guanidine groups is 1. The summed E-state index contributed by atoms with van der Waals surface area (Å²) >= 11 is 1.69. The Kier molecular flexibility index (Phi) is 8.51. The molecule has 0 aliphatic carbocycles. The Labute approximate surface area is 131 Å². The van der Waals surface area contributed by atoms with E-state index >= 15 is 0 Å². The molecule has 0 aliphatic rings. The fraction of sp³-hybridized carbons (Fsp3) is 0.667. The van der Waals surface area contributed by atoms with Crippen LogP contribution in [0.5, 0.6) is 0 Å². The van der Waals surface area contributed by atoms with E-state index in [0.29, 0.717) is 18.4 Å². The van der Waals surface area contributed by atoms with Gasteiger partial charge in [-0.15, -0.1) is 35.3 Å². The maximum absolute atomic E-state index is 5.90. The predicted octanol–water partition coefficient (Wildman–Crippen LogP) is 3.04. The molecule has 104 valence electrons. The summed E-state index contributed by atoms with van der Waals surface area (Å²) in [4.78, 5) is 10.9. The second-order valence-electron chi connectivity index (χ2n) is 4.18. The van der Waals surface area contributed by atoms with Crippen LogP contribution in [0, 0.1) is 0 Å². The molecule has 1 heterocycles. The first-order chi connectivity index (χ1) is 8.08. The maximum atomic E-state index is 5.90. The number of hydrogen-bond acceptors (Lipinski definition) is 3. The van der Waals surface area contributed by atoms with Crippen LogP contribution in [-0.4, -0.2) is 28.9 Å². The molecule has 0 radical (unpaired) electrons. The largest absolute Gasteiger partial charge is 0.370 e. The van der Waals surface area contributed by atoms with Gasteiger partial charge in [-0.3, -0.25) is 0 Å². The maximum Gasteiger partial charge on any atom is 0.191 e. The number of aliphatic imine (C=N–C) groups is 1. The lowest BCUT2D eigenvalue weighted by atomic mass is 10.2. The number of nitrogens with zero attached hydrogens (tertiary/aromatic N) is 3. The van der Waals surface area contributed by atoms with E-state index in [2.05, 4.69) is 43.1 Å². The summed E-state index contributed by atoms with van der Waals surface area (Å²) < 4.78 is 0. The summed E-state index contributed by atoms with van der Waals surface area (Å²) in [5.74, 6) is 1.09. The van der Waals surface area contributed by atoms with Gasteiger partial charge in [-0.05, 0) is 13.8 Å². The highest BCUT2D eigenvalue weighted by Crippen LogP contribution is 2.19. The van der Waals surface area contributed by atoms with Crippen molar-refractivity contribution in [2.75, 3.05) is 13.1 Å². The molecule has 0 atom stereocenters. The molecule has 0 saturated carbocycles. The lowest BCUT2D eigenvalue weighted by Crippen LogP contribution is -2.37. The van der Waals surface area contributed by atoms with E-state index in [4.69, 9.17) is 5.73 Å². The van der Waals surface area contributed by atoms with Crippen LogP contribution in [0.2, 0.25) is 0 Å². The number of rotatable bonds is 5. The molecule has 6 heteroatoms. The number of thiazole rings is 1. The Balaban J connectivity index is 0.00000289. The third kappa shape index (κ3) is 5.09. The lowest BCUT2D eigenvalue weighted by molar-refractivity contribution is 0.458. The van der Waals surface area contributed by atoms with Crippen LogP contribution in [0.3, 0.4) is 0 Å². The molecule has 18 heavy (non-hydrogen) atoms. The second kappa shape index (κ2) is 8.68. The van der Waals surface area contributed by atoms with Crippen molar-refractivity contribution in [2.24, 2.45) is 10.7 Å². The van der Waals surface area contributed by atoms with Gasteiger partial charge in [0.2, 0.25) is 0 Å². The Morgan fingerprint density at radius 3 is 2.50 bits per heavy atom.